The van der Waals surface area contributed by atoms with E-state index in [-0.39, 0.29) is 4.88 Å². The minimum Gasteiger partial charge on any atom is -0.477 e. The molecule has 0 aliphatic rings. The summed E-state index contributed by atoms with van der Waals surface area (Å²) in [5.74, 6) is -0.977. The lowest BCUT2D eigenvalue weighted by Crippen LogP contribution is -1.94. The maximum absolute atomic E-state index is 11.2. The topological polar surface area (TPSA) is 61.1 Å². The van der Waals surface area contributed by atoms with Crippen LogP contribution in [0.5, 0.6) is 0 Å². The summed E-state index contributed by atoms with van der Waals surface area (Å²) in [6.45, 7) is 0. The van der Waals surface area contributed by atoms with Crippen molar-refractivity contribution in [2.45, 2.75) is 4.21 Å². The molecule has 0 radical (unpaired) electrons. The summed E-state index contributed by atoms with van der Waals surface area (Å²) in [6, 6.07) is 5.80. The predicted octanol–water partition coefficient (Wildman–Crippen LogP) is 3.77. The molecule has 0 atom stereocenters. The summed E-state index contributed by atoms with van der Waals surface area (Å²) >= 11 is 4.02. The Hall–Kier alpha value is -1.29. The third-order valence-corrected chi connectivity index (χ3v) is 5.32. The molecule has 86 valence electrons. The van der Waals surface area contributed by atoms with Crippen LogP contribution in [0, 0.1) is 11.3 Å². The highest BCUT2D eigenvalue weighted by atomic mass is 32.2. The maximum Gasteiger partial charge on any atom is 0.346 e. The van der Waals surface area contributed by atoms with Crippen LogP contribution in [0.2, 0.25) is 0 Å². The first-order valence-corrected chi connectivity index (χ1v) is 7.49. The van der Waals surface area contributed by atoms with Crippen molar-refractivity contribution in [2.24, 2.45) is 0 Å². The van der Waals surface area contributed by atoms with E-state index in [0.717, 1.165) is 20.4 Å². The Morgan fingerprint density at radius 3 is 2.82 bits per heavy atom. The van der Waals surface area contributed by atoms with Crippen molar-refractivity contribution in [1.29, 1.82) is 5.26 Å². The standard InChI is InChI=1S/C11H7NO2S3/c1-15-11-6(5-12)8(7-3-2-4-16-7)9(17-11)10(13)14/h2-4H,1H3,(H,13,14). The fourth-order valence-electron chi connectivity index (χ4n) is 1.46. The highest BCUT2D eigenvalue weighted by Gasteiger charge is 2.23. The second-order valence-electron chi connectivity index (χ2n) is 3.07. The Labute approximate surface area is 110 Å². The molecule has 0 aromatic carbocycles. The Balaban J connectivity index is 2.75. The van der Waals surface area contributed by atoms with Gasteiger partial charge in [0.2, 0.25) is 0 Å². The summed E-state index contributed by atoms with van der Waals surface area (Å²) in [5, 5.41) is 20.2. The molecule has 2 aromatic rings. The van der Waals surface area contributed by atoms with Crippen LogP contribution in [0.25, 0.3) is 10.4 Å². The third kappa shape index (κ3) is 2.09. The average Bonchev–Trinajstić information content (AvgIpc) is 2.94. The molecular weight excluding hydrogens is 274 g/mol. The van der Waals surface area contributed by atoms with E-state index in [1.807, 2.05) is 23.8 Å². The zero-order valence-corrected chi connectivity index (χ0v) is 11.2. The van der Waals surface area contributed by atoms with E-state index in [9.17, 15) is 15.2 Å². The van der Waals surface area contributed by atoms with E-state index in [4.69, 9.17) is 0 Å². The van der Waals surface area contributed by atoms with Crippen molar-refractivity contribution < 1.29 is 9.90 Å². The van der Waals surface area contributed by atoms with Gasteiger partial charge >= 0.3 is 5.97 Å². The minimum atomic E-state index is -0.977. The molecule has 0 saturated heterocycles. The highest BCUT2D eigenvalue weighted by molar-refractivity contribution is 8.00. The number of carboxylic acids is 1. The quantitative estimate of drug-likeness (QED) is 0.870. The molecule has 1 N–H and O–H groups in total. The Kier molecular flexibility index (Phi) is 3.52. The van der Waals surface area contributed by atoms with Crippen molar-refractivity contribution in [1.82, 2.24) is 0 Å². The van der Waals surface area contributed by atoms with Crippen LogP contribution in [0.15, 0.2) is 21.7 Å². The molecule has 0 amide bonds. The van der Waals surface area contributed by atoms with Gasteiger partial charge < -0.3 is 5.11 Å². The number of hydrogen-bond acceptors (Lipinski definition) is 5. The van der Waals surface area contributed by atoms with Crippen LogP contribution in [0.1, 0.15) is 15.2 Å². The number of nitrogens with zero attached hydrogens (tertiary/aromatic N) is 1. The predicted molar refractivity (Wildman–Crippen MR) is 71.1 cm³/mol. The van der Waals surface area contributed by atoms with Gasteiger partial charge in [-0.1, -0.05) is 6.07 Å². The first-order chi connectivity index (χ1) is 8.19. The van der Waals surface area contributed by atoms with Crippen molar-refractivity contribution >= 4 is 40.4 Å². The van der Waals surface area contributed by atoms with E-state index in [0.29, 0.717) is 11.1 Å². The Morgan fingerprint density at radius 2 is 2.35 bits per heavy atom. The largest absolute Gasteiger partial charge is 0.477 e. The van der Waals surface area contributed by atoms with Crippen molar-refractivity contribution in [3.05, 3.63) is 28.0 Å². The van der Waals surface area contributed by atoms with Gasteiger partial charge in [-0.3, -0.25) is 0 Å². The lowest BCUT2D eigenvalue weighted by molar-refractivity contribution is 0.0703. The van der Waals surface area contributed by atoms with Gasteiger partial charge in [0, 0.05) is 10.4 Å². The highest BCUT2D eigenvalue weighted by Crippen LogP contribution is 2.42. The first-order valence-electron chi connectivity index (χ1n) is 4.57. The Morgan fingerprint density at radius 1 is 1.59 bits per heavy atom. The van der Waals surface area contributed by atoms with Gasteiger partial charge in [0.1, 0.15) is 10.9 Å². The molecule has 0 bridgehead atoms. The monoisotopic (exact) mass is 281 g/mol. The number of carboxylic acid groups (broad SMARTS) is 1. The van der Waals surface area contributed by atoms with Crippen molar-refractivity contribution in [2.75, 3.05) is 6.26 Å². The zero-order chi connectivity index (χ0) is 12.4. The van der Waals surface area contributed by atoms with Gasteiger partial charge in [0.25, 0.3) is 0 Å². The molecule has 0 spiro atoms. The van der Waals surface area contributed by atoms with Gasteiger partial charge in [0.15, 0.2) is 0 Å². The molecule has 2 aromatic heterocycles. The molecule has 0 aliphatic carbocycles. The van der Waals surface area contributed by atoms with Gasteiger partial charge in [-0.2, -0.15) is 5.26 Å². The second kappa shape index (κ2) is 4.92. The third-order valence-electron chi connectivity index (χ3n) is 2.13. The number of rotatable bonds is 3. The van der Waals surface area contributed by atoms with Crippen molar-refractivity contribution in [3.8, 4) is 16.5 Å². The molecule has 2 rings (SSSR count). The van der Waals surface area contributed by atoms with Crippen LogP contribution < -0.4 is 0 Å². The number of thiophene rings is 2. The van der Waals surface area contributed by atoms with Crippen LogP contribution in [0.3, 0.4) is 0 Å². The smallest absolute Gasteiger partial charge is 0.346 e. The number of carbonyl (C=O) groups is 1. The fraction of sp³-hybridized carbons (Fsp3) is 0.0909. The number of thioether (sulfide) groups is 1. The van der Waals surface area contributed by atoms with E-state index < -0.39 is 5.97 Å². The minimum absolute atomic E-state index is 0.244. The van der Waals surface area contributed by atoms with Gasteiger partial charge in [-0.25, -0.2) is 4.79 Å². The van der Waals surface area contributed by atoms with Crippen LogP contribution in [-0.2, 0) is 0 Å². The molecule has 0 saturated carbocycles. The lowest BCUT2D eigenvalue weighted by Gasteiger charge is -1.97. The van der Waals surface area contributed by atoms with E-state index >= 15 is 0 Å². The molecular formula is C11H7NO2S3. The number of nitriles is 1. The molecule has 0 aliphatic heterocycles. The molecule has 2 heterocycles. The lowest BCUT2D eigenvalue weighted by atomic mass is 10.1. The summed E-state index contributed by atoms with van der Waals surface area (Å²) < 4.78 is 0.758. The first kappa shape index (κ1) is 12.2. The maximum atomic E-state index is 11.2. The molecule has 17 heavy (non-hydrogen) atoms. The second-order valence-corrected chi connectivity index (χ2v) is 6.11. The molecule has 0 unspecified atom stereocenters. The summed E-state index contributed by atoms with van der Waals surface area (Å²) in [6.07, 6.45) is 1.84. The Bertz CT molecular complexity index is 593. The van der Waals surface area contributed by atoms with Crippen molar-refractivity contribution in [3.63, 3.8) is 0 Å². The number of aromatic carboxylic acids is 1. The summed E-state index contributed by atoms with van der Waals surface area (Å²) in [7, 11) is 0. The van der Waals surface area contributed by atoms with E-state index in [2.05, 4.69) is 6.07 Å². The summed E-state index contributed by atoms with van der Waals surface area (Å²) in [4.78, 5) is 12.3. The van der Waals surface area contributed by atoms with E-state index in [1.54, 1.807) is 0 Å². The van der Waals surface area contributed by atoms with Crippen LogP contribution in [-0.4, -0.2) is 17.3 Å². The number of hydrogen-bond donors (Lipinski definition) is 1. The average molecular weight is 281 g/mol. The fourth-order valence-corrected chi connectivity index (χ4v) is 4.08. The van der Waals surface area contributed by atoms with Gasteiger partial charge in [0.05, 0.1) is 9.77 Å². The van der Waals surface area contributed by atoms with E-state index in [1.165, 1.54) is 23.1 Å². The zero-order valence-electron chi connectivity index (χ0n) is 8.76. The summed E-state index contributed by atoms with van der Waals surface area (Å²) in [5.41, 5.74) is 1.03. The van der Waals surface area contributed by atoms with Gasteiger partial charge in [-0.05, 0) is 17.7 Å². The SMILES string of the molecule is CSc1sc(C(=O)O)c(-c2cccs2)c1C#N. The molecule has 6 heteroatoms. The van der Waals surface area contributed by atoms with Gasteiger partial charge in [-0.15, -0.1) is 34.4 Å². The molecule has 0 fully saturated rings. The van der Waals surface area contributed by atoms with Crippen LogP contribution >= 0.6 is 34.4 Å². The normalized spacial score (nSPS) is 10.1. The van der Waals surface area contributed by atoms with Crippen LogP contribution in [0.4, 0.5) is 0 Å². The molecule has 3 nitrogen and oxygen atoms in total.